The maximum Gasteiger partial charge on any atom is 0.328 e. The number of amides is 1. The molecule has 1 fully saturated rings. The molecule has 1 aliphatic rings. The Kier molecular flexibility index (Phi) is 7.66. The van der Waals surface area contributed by atoms with Crippen LogP contribution in [0.25, 0.3) is 11.4 Å². The van der Waals surface area contributed by atoms with Gasteiger partial charge in [0, 0.05) is 17.7 Å². The molecule has 1 unspecified atom stereocenters. The van der Waals surface area contributed by atoms with Crippen molar-refractivity contribution in [2.45, 2.75) is 58.9 Å². The van der Waals surface area contributed by atoms with Crippen molar-refractivity contribution in [2.24, 2.45) is 0 Å². The van der Waals surface area contributed by atoms with E-state index in [4.69, 9.17) is 9.47 Å². The number of ether oxygens (including phenoxy) is 2. The van der Waals surface area contributed by atoms with Crippen molar-refractivity contribution in [3.05, 3.63) is 45.4 Å². The molecule has 1 saturated heterocycles. The van der Waals surface area contributed by atoms with Crippen LogP contribution in [0, 0.1) is 0 Å². The molecular weight excluding hydrogens is 410 g/mol. The van der Waals surface area contributed by atoms with E-state index >= 15 is 0 Å². The van der Waals surface area contributed by atoms with Gasteiger partial charge in [-0.15, -0.1) is 0 Å². The summed E-state index contributed by atoms with van der Waals surface area (Å²) >= 11 is 0. The van der Waals surface area contributed by atoms with Crippen LogP contribution < -0.4 is 10.3 Å². The van der Waals surface area contributed by atoms with E-state index in [1.165, 1.54) is 7.11 Å². The predicted molar refractivity (Wildman–Crippen MR) is 121 cm³/mol. The number of likely N-dealkylation sites (tertiary alicyclic amines) is 1. The third kappa shape index (κ3) is 4.69. The molecule has 1 aromatic heterocycles. The zero-order valence-corrected chi connectivity index (χ0v) is 19.2. The summed E-state index contributed by atoms with van der Waals surface area (Å²) in [5.74, 6) is 0.247. The van der Waals surface area contributed by atoms with Crippen LogP contribution in [0.1, 0.15) is 61.6 Å². The van der Waals surface area contributed by atoms with Crippen molar-refractivity contribution in [3.8, 4) is 17.1 Å². The fourth-order valence-electron chi connectivity index (χ4n) is 4.07. The lowest BCUT2D eigenvalue weighted by Crippen LogP contribution is -2.41. The number of aromatic amines is 1. The van der Waals surface area contributed by atoms with Gasteiger partial charge in [0.1, 0.15) is 17.6 Å². The highest BCUT2D eigenvalue weighted by Gasteiger charge is 2.35. The van der Waals surface area contributed by atoms with Crippen LogP contribution in [0.4, 0.5) is 0 Å². The number of hydrogen-bond donors (Lipinski definition) is 1. The van der Waals surface area contributed by atoms with Gasteiger partial charge < -0.3 is 19.4 Å². The lowest BCUT2D eigenvalue weighted by Gasteiger charge is -2.23. The molecule has 172 valence electrons. The van der Waals surface area contributed by atoms with Crippen molar-refractivity contribution in [1.82, 2.24) is 14.9 Å². The number of carbonyl (C=O) groups excluding carboxylic acids is 2. The molecule has 8 heteroatoms. The maximum atomic E-state index is 13.3. The van der Waals surface area contributed by atoms with Crippen LogP contribution in [0.5, 0.6) is 5.75 Å². The van der Waals surface area contributed by atoms with E-state index in [9.17, 15) is 14.4 Å². The van der Waals surface area contributed by atoms with Gasteiger partial charge in [-0.25, -0.2) is 9.78 Å². The van der Waals surface area contributed by atoms with Crippen LogP contribution >= 0.6 is 0 Å². The van der Waals surface area contributed by atoms with Crippen molar-refractivity contribution in [1.29, 1.82) is 0 Å². The first-order chi connectivity index (χ1) is 15.4. The predicted octanol–water partition coefficient (Wildman–Crippen LogP) is 3.13. The zero-order chi connectivity index (χ0) is 23.3. The summed E-state index contributed by atoms with van der Waals surface area (Å²) in [6, 6.07) is 4.51. The van der Waals surface area contributed by atoms with Crippen molar-refractivity contribution in [3.63, 3.8) is 0 Å². The number of benzene rings is 1. The third-order valence-corrected chi connectivity index (χ3v) is 5.72. The molecule has 1 N–H and O–H groups in total. The van der Waals surface area contributed by atoms with E-state index in [0.717, 1.165) is 18.5 Å². The summed E-state index contributed by atoms with van der Waals surface area (Å²) in [6.07, 6.45) is 3.35. The number of nitrogens with one attached hydrogen (secondary N) is 1. The number of carbonyl (C=O) groups is 2. The molecule has 0 spiro atoms. The zero-order valence-electron chi connectivity index (χ0n) is 19.2. The first-order valence-corrected chi connectivity index (χ1v) is 11.2. The van der Waals surface area contributed by atoms with E-state index in [2.05, 4.69) is 9.97 Å². The number of H-pyrrole nitrogens is 1. The number of nitrogens with zero attached hydrogens (tertiary/aromatic N) is 2. The standard InChI is InChI=1S/C24H31N3O5/c1-5-13-32-20-11-10-15(23(29)27-12-8-9-19(27)24(30)31-4)14-17(20)21-25-18(7-3)16(6-2)22(28)26-21/h10-11,14,19H,5-9,12-13H2,1-4H3,(H,25,26,28). The number of aromatic nitrogens is 2. The average molecular weight is 442 g/mol. The molecule has 0 aliphatic carbocycles. The van der Waals surface area contributed by atoms with Crippen LogP contribution in [0.15, 0.2) is 23.0 Å². The smallest absolute Gasteiger partial charge is 0.328 e. The number of rotatable bonds is 8. The number of hydrogen-bond acceptors (Lipinski definition) is 6. The fourth-order valence-corrected chi connectivity index (χ4v) is 4.07. The Labute approximate surface area is 188 Å². The van der Waals surface area contributed by atoms with Gasteiger partial charge in [-0.1, -0.05) is 20.8 Å². The van der Waals surface area contributed by atoms with E-state index in [0.29, 0.717) is 60.7 Å². The molecule has 1 atom stereocenters. The lowest BCUT2D eigenvalue weighted by molar-refractivity contribution is -0.145. The van der Waals surface area contributed by atoms with Gasteiger partial charge >= 0.3 is 5.97 Å². The summed E-state index contributed by atoms with van der Waals surface area (Å²) < 4.78 is 10.8. The van der Waals surface area contributed by atoms with Gasteiger partial charge in [-0.05, 0) is 50.3 Å². The van der Waals surface area contributed by atoms with Crippen molar-refractivity contribution in [2.75, 3.05) is 20.3 Å². The van der Waals surface area contributed by atoms with E-state index in [1.54, 1.807) is 23.1 Å². The minimum atomic E-state index is -0.583. The minimum Gasteiger partial charge on any atom is -0.493 e. The highest BCUT2D eigenvalue weighted by atomic mass is 16.5. The molecule has 8 nitrogen and oxygen atoms in total. The first-order valence-electron chi connectivity index (χ1n) is 11.2. The minimum absolute atomic E-state index is 0.183. The molecule has 2 aromatic rings. The van der Waals surface area contributed by atoms with Gasteiger partial charge in [-0.3, -0.25) is 9.59 Å². The summed E-state index contributed by atoms with van der Waals surface area (Å²) in [5, 5.41) is 0. The Morgan fingerprint density at radius 3 is 2.66 bits per heavy atom. The summed E-state index contributed by atoms with van der Waals surface area (Å²) in [4.78, 5) is 47.1. The molecule has 1 aliphatic heterocycles. The summed E-state index contributed by atoms with van der Waals surface area (Å²) in [5.41, 5.74) is 2.16. The first kappa shape index (κ1) is 23.5. The van der Waals surface area contributed by atoms with Crippen molar-refractivity contribution < 1.29 is 19.1 Å². The second kappa shape index (κ2) is 10.4. The largest absolute Gasteiger partial charge is 0.493 e. The van der Waals surface area contributed by atoms with Gasteiger partial charge in [-0.2, -0.15) is 0 Å². The van der Waals surface area contributed by atoms with E-state index < -0.39 is 12.0 Å². The second-order valence-corrected chi connectivity index (χ2v) is 7.79. The molecule has 3 rings (SSSR count). The number of methoxy groups -OCH3 is 1. The topological polar surface area (TPSA) is 102 Å². The normalized spacial score (nSPS) is 15.6. The third-order valence-electron chi connectivity index (χ3n) is 5.72. The van der Waals surface area contributed by atoms with E-state index in [-0.39, 0.29) is 11.5 Å². The van der Waals surface area contributed by atoms with Crippen LogP contribution in [-0.2, 0) is 22.4 Å². The molecule has 2 heterocycles. The Bertz CT molecular complexity index is 1050. The van der Waals surface area contributed by atoms with Gasteiger partial charge in [0.15, 0.2) is 0 Å². The second-order valence-electron chi connectivity index (χ2n) is 7.79. The molecule has 0 bridgehead atoms. The maximum absolute atomic E-state index is 13.3. The van der Waals surface area contributed by atoms with Gasteiger partial charge in [0.25, 0.3) is 11.5 Å². The van der Waals surface area contributed by atoms with Gasteiger partial charge in [0.2, 0.25) is 0 Å². The lowest BCUT2D eigenvalue weighted by atomic mass is 10.1. The molecule has 0 saturated carbocycles. The van der Waals surface area contributed by atoms with Gasteiger partial charge in [0.05, 0.1) is 25.0 Å². The number of esters is 1. The highest BCUT2D eigenvalue weighted by molar-refractivity contribution is 5.98. The molecule has 1 amide bonds. The molecule has 1 aromatic carbocycles. The van der Waals surface area contributed by atoms with Crippen LogP contribution in [0.2, 0.25) is 0 Å². The Morgan fingerprint density at radius 1 is 1.22 bits per heavy atom. The van der Waals surface area contributed by atoms with Crippen molar-refractivity contribution >= 4 is 11.9 Å². The molecular formula is C24H31N3O5. The molecule has 32 heavy (non-hydrogen) atoms. The quantitative estimate of drug-likeness (QED) is 0.632. The average Bonchev–Trinajstić information content (AvgIpc) is 3.31. The Balaban J connectivity index is 2.06. The number of aryl methyl sites for hydroxylation is 1. The summed E-state index contributed by atoms with van der Waals surface area (Å²) in [7, 11) is 1.33. The SMILES string of the molecule is CCCOc1ccc(C(=O)N2CCCC2C(=O)OC)cc1-c1nc(CC)c(CC)c(=O)[nH]1. The monoisotopic (exact) mass is 441 g/mol. The fraction of sp³-hybridized carbons (Fsp3) is 0.500. The Hall–Kier alpha value is -3.16. The van der Waals surface area contributed by atoms with Crippen LogP contribution in [0.3, 0.4) is 0 Å². The highest BCUT2D eigenvalue weighted by Crippen LogP contribution is 2.31. The Morgan fingerprint density at radius 2 is 2.00 bits per heavy atom. The van der Waals surface area contributed by atoms with Crippen LogP contribution in [-0.4, -0.2) is 53.0 Å². The summed E-state index contributed by atoms with van der Waals surface area (Å²) in [6.45, 7) is 6.87. The van der Waals surface area contributed by atoms with E-state index in [1.807, 2.05) is 20.8 Å². The molecule has 0 radical (unpaired) electrons.